The van der Waals surface area contributed by atoms with Crippen LogP contribution in [0.2, 0.25) is 0 Å². The van der Waals surface area contributed by atoms with E-state index in [1.54, 1.807) is 18.0 Å². The Morgan fingerprint density at radius 1 is 0.837 bits per heavy atom. The summed E-state index contributed by atoms with van der Waals surface area (Å²) < 4.78 is 0. The van der Waals surface area contributed by atoms with Gasteiger partial charge in [0.05, 0.1) is 6.04 Å². The van der Waals surface area contributed by atoms with Crippen LogP contribution in [0.1, 0.15) is 36.8 Å². The van der Waals surface area contributed by atoms with Gasteiger partial charge in [-0.3, -0.25) is 14.4 Å². The molecule has 0 saturated carbocycles. The monoisotopic (exact) mass is 610 g/mol. The van der Waals surface area contributed by atoms with Crippen LogP contribution in [0, 0.1) is 0 Å². The predicted molar refractivity (Wildman–Crippen MR) is 169 cm³/mol. The number of carboxylic acids is 1. The predicted octanol–water partition coefficient (Wildman–Crippen LogP) is 1.70. The van der Waals surface area contributed by atoms with Crippen molar-refractivity contribution in [2.45, 2.75) is 62.7 Å². The molecule has 12 heteroatoms. The molecule has 43 heavy (non-hydrogen) atoms. The summed E-state index contributed by atoms with van der Waals surface area (Å²) in [5.74, 6) is -2.17. The van der Waals surface area contributed by atoms with Gasteiger partial charge in [0.15, 0.2) is 0 Å². The van der Waals surface area contributed by atoms with Crippen molar-refractivity contribution >= 4 is 46.4 Å². The zero-order valence-corrected chi connectivity index (χ0v) is 25.2. The molecule has 2 aromatic carbocycles. The number of para-hydroxylation sites is 1. The summed E-state index contributed by atoms with van der Waals surface area (Å²) in [6, 6.07) is 12.7. The Kier molecular flexibility index (Phi) is 13.5. The number of fused-ring (bicyclic) bond motifs is 1. The van der Waals surface area contributed by atoms with Crippen LogP contribution < -0.4 is 27.4 Å². The molecule has 232 valence electrons. The standard InChI is InChI=1S/C31H42N6O5S/c1-43-16-14-23(33)28(38)36-26(17-20-9-3-2-4-10-20)29(39)37-27(18-21-19-34-24-12-6-5-11-22(21)24)30(40)35-25(31(41)42)13-7-8-15-32/h2-6,9-12,19,23,25-27,34H,7-8,13-18,32-33H2,1H3,(H,35,40)(H,36,38)(H,37,39)(H,41,42). The number of aliphatic carboxylic acids is 1. The zero-order valence-electron chi connectivity index (χ0n) is 24.4. The molecule has 0 saturated heterocycles. The lowest BCUT2D eigenvalue weighted by atomic mass is 10.0. The number of rotatable bonds is 18. The molecular weight excluding hydrogens is 568 g/mol. The molecule has 9 N–H and O–H groups in total. The Balaban J connectivity index is 1.87. The van der Waals surface area contributed by atoms with Crippen LogP contribution in [0.5, 0.6) is 0 Å². The summed E-state index contributed by atoms with van der Waals surface area (Å²) in [5, 5.41) is 18.8. The second-order valence-electron chi connectivity index (χ2n) is 10.4. The van der Waals surface area contributed by atoms with Gasteiger partial charge >= 0.3 is 5.97 Å². The van der Waals surface area contributed by atoms with E-state index in [1.165, 1.54) is 0 Å². The Labute approximate surface area is 255 Å². The smallest absolute Gasteiger partial charge is 0.326 e. The lowest BCUT2D eigenvalue weighted by Crippen LogP contribution is -2.58. The van der Waals surface area contributed by atoms with E-state index in [1.807, 2.05) is 60.9 Å². The van der Waals surface area contributed by atoms with E-state index in [4.69, 9.17) is 11.5 Å². The third-order valence-corrected chi connectivity index (χ3v) is 7.82. The molecule has 0 bridgehead atoms. The topological polar surface area (TPSA) is 192 Å². The van der Waals surface area contributed by atoms with Gasteiger partial charge < -0.3 is 37.5 Å². The van der Waals surface area contributed by atoms with Crippen LogP contribution in [0.3, 0.4) is 0 Å². The van der Waals surface area contributed by atoms with Gasteiger partial charge in [-0.2, -0.15) is 11.8 Å². The molecular formula is C31H42N6O5S. The number of amides is 3. The highest BCUT2D eigenvalue weighted by molar-refractivity contribution is 7.98. The van der Waals surface area contributed by atoms with Gasteiger partial charge in [0.25, 0.3) is 0 Å². The zero-order chi connectivity index (χ0) is 31.2. The van der Waals surface area contributed by atoms with Crippen LogP contribution in [0.4, 0.5) is 0 Å². The van der Waals surface area contributed by atoms with E-state index < -0.39 is 47.9 Å². The Morgan fingerprint density at radius 3 is 2.14 bits per heavy atom. The third kappa shape index (κ3) is 10.4. The molecule has 11 nitrogen and oxygen atoms in total. The number of carboxylic acid groups (broad SMARTS) is 1. The van der Waals surface area contributed by atoms with Gasteiger partial charge in [-0.25, -0.2) is 4.79 Å². The number of aromatic nitrogens is 1. The van der Waals surface area contributed by atoms with Crippen LogP contribution in [0.15, 0.2) is 60.8 Å². The fourth-order valence-corrected chi connectivity index (χ4v) is 5.23. The molecule has 0 radical (unpaired) electrons. The summed E-state index contributed by atoms with van der Waals surface area (Å²) in [7, 11) is 0. The maximum absolute atomic E-state index is 13.8. The molecule has 0 aliphatic rings. The molecule has 3 rings (SSSR count). The number of nitrogens with one attached hydrogen (secondary N) is 4. The average molecular weight is 611 g/mol. The molecule has 1 aromatic heterocycles. The molecule has 3 aromatic rings. The van der Waals surface area contributed by atoms with Crippen molar-refractivity contribution in [2.75, 3.05) is 18.6 Å². The van der Waals surface area contributed by atoms with E-state index in [9.17, 15) is 24.3 Å². The minimum Gasteiger partial charge on any atom is -0.480 e. The minimum atomic E-state index is -1.17. The van der Waals surface area contributed by atoms with Gasteiger partial charge in [-0.05, 0) is 61.4 Å². The van der Waals surface area contributed by atoms with E-state index >= 15 is 0 Å². The second-order valence-corrected chi connectivity index (χ2v) is 11.4. The summed E-state index contributed by atoms with van der Waals surface area (Å²) in [5.41, 5.74) is 14.1. The van der Waals surface area contributed by atoms with Crippen LogP contribution in [-0.2, 0) is 32.0 Å². The van der Waals surface area contributed by atoms with E-state index in [0.29, 0.717) is 31.6 Å². The Morgan fingerprint density at radius 2 is 1.47 bits per heavy atom. The molecule has 0 fully saturated rings. The normalized spacial score (nSPS) is 13.9. The summed E-state index contributed by atoms with van der Waals surface area (Å²) in [6.07, 6.45) is 5.74. The average Bonchev–Trinajstić information content (AvgIpc) is 3.41. The fraction of sp³-hybridized carbons (Fsp3) is 0.419. The second kappa shape index (κ2) is 17.3. The van der Waals surface area contributed by atoms with Gasteiger partial charge in [0.2, 0.25) is 17.7 Å². The molecule has 4 unspecified atom stereocenters. The molecule has 0 aliphatic carbocycles. The van der Waals surface area contributed by atoms with E-state index in [0.717, 1.165) is 22.0 Å². The minimum absolute atomic E-state index is 0.0932. The summed E-state index contributed by atoms with van der Waals surface area (Å²) in [4.78, 5) is 55.4. The Bertz CT molecular complexity index is 1350. The number of unbranched alkanes of at least 4 members (excludes halogenated alkanes) is 1. The lowest BCUT2D eigenvalue weighted by Gasteiger charge is -2.25. The van der Waals surface area contributed by atoms with Gasteiger partial charge in [-0.15, -0.1) is 0 Å². The largest absolute Gasteiger partial charge is 0.480 e. The third-order valence-electron chi connectivity index (χ3n) is 7.18. The number of nitrogens with two attached hydrogens (primary N) is 2. The number of carbonyl (C=O) groups is 4. The highest BCUT2D eigenvalue weighted by Gasteiger charge is 2.31. The number of thioether (sulfide) groups is 1. The maximum atomic E-state index is 13.8. The van der Waals surface area contributed by atoms with Crippen molar-refractivity contribution in [3.8, 4) is 0 Å². The quantitative estimate of drug-likeness (QED) is 0.106. The van der Waals surface area contributed by atoms with E-state index in [-0.39, 0.29) is 19.3 Å². The number of aromatic amines is 1. The number of benzene rings is 2. The number of hydrogen-bond donors (Lipinski definition) is 7. The summed E-state index contributed by atoms with van der Waals surface area (Å²) >= 11 is 1.57. The fourth-order valence-electron chi connectivity index (χ4n) is 4.74. The van der Waals surface area contributed by atoms with Crippen molar-refractivity contribution in [3.63, 3.8) is 0 Å². The SMILES string of the molecule is CSCCC(N)C(=O)NC(Cc1ccccc1)C(=O)NC(Cc1c[nH]c2ccccc12)C(=O)NC(CCCCN)C(=O)O. The molecule has 3 amide bonds. The van der Waals surface area contributed by atoms with Crippen molar-refractivity contribution < 1.29 is 24.3 Å². The van der Waals surface area contributed by atoms with Crippen molar-refractivity contribution in [1.82, 2.24) is 20.9 Å². The van der Waals surface area contributed by atoms with Crippen LogP contribution in [-0.4, -0.2) is 76.5 Å². The van der Waals surface area contributed by atoms with E-state index in [2.05, 4.69) is 20.9 Å². The first kappa shape index (κ1) is 33.6. The first-order valence-electron chi connectivity index (χ1n) is 14.4. The number of H-pyrrole nitrogens is 1. The first-order valence-corrected chi connectivity index (χ1v) is 15.8. The number of carbonyl (C=O) groups excluding carboxylic acids is 3. The molecule has 1 heterocycles. The van der Waals surface area contributed by atoms with Crippen LogP contribution in [0.25, 0.3) is 10.9 Å². The highest BCUT2D eigenvalue weighted by atomic mass is 32.2. The molecule has 0 aliphatic heterocycles. The lowest BCUT2D eigenvalue weighted by molar-refractivity contribution is -0.142. The van der Waals surface area contributed by atoms with Gasteiger partial charge in [0.1, 0.15) is 18.1 Å². The van der Waals surface area contributed by atoms with Crippen molar-refractivity contribution in [3.05, 3.63) is 71.9 Å². The molecule has 4 atom stereocenters. The first-order chi connectivity index (χ1) is 20.7. The number of hydrogen-bond acceptors (Lipinski definition) is 7. The molecule has 0 spiro atoms. The van der Waals surface area contributed by atoms with Gasteiger partial charge in [-0.1, -0.05) is 48.5 Å². The highest BCUT2D eigenvalue weighted by Crippen LogP contribution is 2.19. The summed E-state index contributed by atoms with van der Waals surface area (Å²) in [6.45, 7) is 0.412. The van der Waals surface area contributed by atoms with Crippen molar-refractivity contribution in [2.24, 2.45) is 11.5 Å². The van der Waals surface area contributed by atoms with Crippen molar-refractivity contribution in [1.29, 1.82) is 0 Å². The Hall–Kier alpha value is -3.87. The van der Waals surface area contributed by atoms with Gasteiger partial charge in [0, 0.05) is 29.9 Å². The maximum Gasteiger partial charge on any atom is 0.326 e. The van der Waals surface area contributed by atoms with Crippen LogP contribution >= 0.6 is 11.8 Å².